The molecule has 0 bridgehead atoms. The van der Waals surface area contributed by atoms with E-state index in [4.69, 9.17) is 0 Å². The Kier molecular flexibility index (Phi) is 4.89. The lowest BCUT2D eigenvalue weighted by Crippen LogP contribution is -2.30. The number of esters is 1. The number of anilines is 1. The van der Waals surface area contributed by atoms with Crippen LogP contribution in [0, 0.1) is 23.0 Å². The van der Waals surface area contributed by atoms with E-state index in [0.717, 1.165) is 0 Å². The average molecular weight is 311 g/mol. The number of ether oxygens (including phenoxy) is 1. The summed E-state index contributed by atoms with van der Waals surface area (Å²) in [6.45, 7) is 4.00. The molecule has 1 saturated heterocycles. The third-order valence-electron chi connectivity index (χ3n) is 3.74. The second-order valence-corrected chi connectivity index (χ2v) is 5.21. The van der Waals surface area contributed by atoms with Crippen LogP contribution in [0.5, 0.6) is 0 Å². The van der Waals surface area contributed by atoms with Crippen molar-refractivity contribution in [1.82, 2.24) is 4.98 Å². The highest BCUT2D eigenvalue weighted by molar-refractivity contribution is 5.75. The summed E-state index contributed by atoms with van der Waals surface area (Å²) in [5.74, 6) is -1.19. The van der Waals surface area contributed by atoms with E-state index in [9.17, 15) is 19.3 Å². The van der Waals surface area contributed by atoms with Crippen LogP contribution in [0.15, 0.2) is 12.3 Å². The van der Waals surface area contributed by atoms with Gasteiger partial charge in [-0.25, -0.2) is 14.2 Å². The third kappa shape index (κ3) is 3.15. The van der Waals surface area contributed by atoms with Gasteiger partial charge in [0.25, 0.3) is 0 Å². The van der Waals surface area contributed by atoms with Gasteiger partial charge in [-0.2, -0.15) is 0 Å². The molecule has 2 rings (SSSR count). The highest BCUT2D eigenvalue weighted by atomic mass is 19.1. The van der Waals surface area contributed by atoms with Gasteiger partial charge in [0.2, 0.25) is 12.0 Å². The molecule has 0 aromatic carbocycles. The lowest BCUT2D eigenvalue weighted by Gasteiger charge is -2.19. The van der Waals surface area contributed by atoms with Crippen molar-refractivity contribution in [1.29, 1.82) is 0 Å². The smallest absolute Gasteiger partial charge is 0.341 e. The Labute approximate surface area is 127 Å². The minimum absolute atomic E-state index is 0.0744. The van der Waals surface area contributed by atoms with Gasteiger partial charge in [0.15, 0.2) is 0 Å². The van der Waals surface area contributed by atoms with Crippen LogP contribution in [-0.2, 0) is 9.53 Å². The number of nitrogens with zero attached hydrogens (tertiary/aromatic N) is 3. The lowest BCUT2D eigenvalue weighted by molar-refractivity contribution is -0.384. The van der Waals surface area contributed by atoms with E-state index in [0.29, 0.717) is 18.5 Å². The summed E-state index contributed by atoms with van der Waals surface area (Å²) in [7, 11) is 0. The zero-order chi connectivity index (χ0) is 16.3. The van der Waals surface area contributed by atoms with Crippen molar-refractivity contribution < 1.29 is 18.8 Å². The molecule has 120 valence electrons. The Bertz CT molecular complexity index is 581. The Morgan fingerprint density at radius 3 is 3.05 bits per heavy atom. The zero-order valence-corrected chi connectivity index (χ0v) is 12.5. The highest BCUT2D eigenvalue weighted by Crippen LogP contribution is 2.33. The van der Waals surface area contributed by atoms with Gasteiger partial charge in [-0.05, 0) is 26.3 Å². The van der Waals surface area contributed by atoms with Crippen molar-refractivity contribution in [3.8, 4) is 0 Å². The predicted octanol–water partition coefficient (Wildman–Crippen LogP) is 2.03. The van der Waals surface area contributed by atoms with E-state index >= 15 is 0 Å². The number of hydrogen-bond donors (Lipinski definition) is 0. The van der Waals surface area contributed by atoms with E-state index in [2.05, 4.69) is 9.72 Å². The van der Waals surface area contributed by atoms with Crippen molar-refractivity contribution >= 4 is 17.5 Å². The van der Waals surface area contributed by atoms with Crippen molar-refractivity contribution in [3.63, 3.8) is 0 Å². The molecule has 1 fully saturated rings. The lowest BCUT2D eigenvalue weighted by atomic mass is 10.0. The molecule has 0 unspecified atom stereocenters. The fourth-order valence-corrected chi connectivity index (χ4v) is 2.63. The molecule has 0 radical (unpaired) electrons. The fraction of sp³-hybridized carbons (Fsp3) is 0.571. The van der Waals surface area contributed by atoms with Crippen LogP contribution in [0.3, 0.4) is 0 Å². The molecular formula is C14H18FN3O4. The van der Waals surface area contributed by atoms with Crippen LogP contribution in [0.1, 0.15) is 18.9 Å². The Hall–Kier alpha value is -2.25. The molecule has 1 aliphatic heterocycles. The molecule has 0 spiro atoms. The maximum Gasteiger partial charge on any atom is 0.341 e. The van der Waals surface area contributed by atoms with Crippen LogP contribution < -0.4 is 4.90 Å². The SMILES string of the molecule is CCOC(=O)[C@H](F)[C@@H]1CCN(c2nccc(C)c2[N+](=O)[O-])C1. The molecule has 0 N–H and O–H groups in total. The number of halogens is 1. The molecule has 8 heteroatoms. The van der Waals surface area contributed by atoms with Crippen LogP contribution in [0.2, 0.25) is 0 Å². The molecule has 22 heavy (non-hydrogen) atoms. The molecule has 1 aliphatic rings. The maximum atomic E-state index is 14.1. The first-order valence-corrected chi connectivity index (χ1v) is 7.11. The monoisotopic (exact) mass is 311 g/mol. The maximum absolute atomic E-state index is 14.1. The summed E-state index contributed by atoms with van der Waals surface area (Å²) in [4.78, 5) is 27.9. The summed E-state index contributed by atoms with van der Waals surface area (Å²) >= 11 is 0. The van der Waals surface area contributed by atoms with Crippen molar-refractivity contribution in [2.45, 2.75) is 26.4 Å². The van der Waals surface area contributed by atoms with Crippen molar-refractivity contribution in [3.05, 3.63) is 27.9 Å². The number of aromatic nitrogens is 1. The molecule has 0 amide bonds. The van der Waals surface area contributed by atoms with Gasteiger partial charge < -0.3 is 9.64 Å². The normalized spacial score (nSPS) is 19.0. The first kappa shape index (κ1) is 16.1. The summed E-state index contributed by atoms with van der Waals surface area (Å²) in [5.41, 5.74) is 0.426. The zero-order valence-electron chi connectivity index (χ0n) is 12.5. The summed E-state index contributed by atoms with van der Waals surface area (Å²) < 4.78 is 18.7. The van der Waals surface area contributed by atoms with Gasteiger partial charge in [0.1, 0.15) is 0 Å². The molecular weight excluding hydrogens is 293 g/mol. The topological polar surface area (TPSA) is 85.6 Å². The quantitative estimate of drug-likeness (QED) is 0.470. The third-order valence-corrected chi connectivity index (χ3v) is 3.74. The minimum atomic E-state index is -1.71. The first-order chi connectivity index (χ1) is 10.5. The van der Waals surface area contributed by atoms with Crippen LogP contribution in [0.25, 0.3) is 0 Å². The van der Waals surface area contributed by atoms with Gasteiger partial charge in [0.05, 0.1) is 11.5 Å². The molecule has 2 heterocycles. The van der Waals surface area contributed by atoms with Gasteiger partial charge in [-0.1, -0.05) is 0 Å². The number of rotatable bonds is 5. The summed E-state index contributed by atoms with van der Waals surface area (Å²) in [6, 6.07) is 1.56. The largest absolute Gasteiger partial charge is 0.464 e. The van der Waals surface area contributed by atoms with Gasteiger partial charge in [0, 0.05) is 30.8 Å². The summed E-state index contributed by atoms with van der Waals surface area (Å²) in [5, 5.41) is 11.2. The summed E-state index contributed by atoms with van der Waals surface area (Å²) in [6.07, 6.45) is 0.199. The van der Waals surface area contributed by atoms with Crippen molar-refractivity contribution in [2.24, 2.45) is 5.92 Å². The van der Waals surface area contributed by atoms with Gasteiger partial charge in [-0.15, -0.1) is 0 Å². The second-order valence-electron chi connectivity index (χ2n) is 5.21. The number of hydrogen-bond acceptors (Lipinski definition) is 6. The Morgan fingerprint density at radius 2 is 2.41 bits per heavy atom. The number of pyridine rings is 1. The Morgan fingerprint density at radius 1 is 1.68 bits per heavy atom. The van der Waals surface area contributed by atoms with Crippen LogP contribution >= 0.6 is 0 Å². The van der Waals surface area contributed by atoms with Crippen molar-refractivity contribution in [2.75, 3.05) is 24.6 Å². The number of alkyl halides is 1. The number of nitro groups is 1. The Balaban J connectivity index is 2.16. The number of aryl methyl sites for hydroxylation is 1. The van der Waals surface area contributed by atoms with E-state index in [1.165, 1.54) is 6.20 Å². The molecule has 0 saturated carbocycles. The van der Waals surface area contributed by atoms with E-state index in [1.807, 2.05) is 0 Å². The number of carbonyl (C=O) groups excluding carboxylic acids is 1. The van der Waals surface area contributed by atoms with Gasteiger partial charge >= 0.3 is 11.7 Å². The van der Waals surface area contributed by atoms with Crippen LogP contribution in [-0.4, -0.2) is 41.7 Å². The second kappa shape index (κ2) is 6.67. The highest BCUT2D eigenvalue weighted by Gasteiger charge is 2.37. The first-order valence-electron chi connectivity index (χ1n) is 7.11. The minimum Gasteiger partial charge on any atom is -0.464 e. The van der Waals surface area contributed by atoms with Crippen LogP contribution in [0.4, 0.5) is 15.9 Å². The number of carbonyl (C=O) groups is 1. The van der Waals surface area contributed by atoms with Gasteiger partial charge in [-0.3, -0.25) is 10.1 Å². The molecule has 2 atom stereocenters. The molecule has 1 aromatic heterocycles. The van der Waals surface area contributed by atoms with E-state index < -0.39 is 23.0 Å². The van der Waals surface area contributed by atoms with E-state index in [-0.39, 0.29) is 24.7 Å². The molecule has 1 aromatic rings. The molecule has 7 nitrogen and oxygen atoms in total. The average Bonchev–Trinajstić information content (AvgIpc) is 2.95. The van der Waals surface area contributed by atoms with E-state index in [1.54, 1.807) is 24.8 Å². The predicted molar refractivity (Wildman–Crippen MR) is 77.5 cm³/mol. The standard InChI is InChI=1S/C14H18FN3O4/c1-3-22-14(19)11(15)10-5-7-17(8-10)13-12(18(20)21)9(2)4-6-16-13/h4,6,10-11H,3,5,7-8H2,1-2H3/t10-,11-/m1/s1. The fourth-order valence-electron chi connectivity index (χ4n) is 2.63. The molecule has 0 aliphatic carbocycles.